The van der Waals surface area contributed by atoms with Crippen LogP contribution in [0.4, 0.5) is 0 Å². The summed E-state index contributed by atoms with van der Waals surface area (Å²) in [5, 5.41) is 4.40. The summed E-state index contributed by atoms with van der Waals surface area (Å²) in [6.07, 6.45) is 0.628. The molecule has 0 spiro atoms. The summed E-state index contributed by atoms with van der Waals surface area (Å²) in [6, 6.07) is 9.22. The predicted octanol–water partition coefficient (Wildman–Crippen LogP) is 3.10. The number of carbonyl (C=O) groups excluding carboxylic acids is 1. The number of hydrogen-bond donors (Lipinski definition) is 1. The van der Waals surface area contributed by atoms with Crippen molar-refractivity contribution in [2.75, 3.05) is 28.4 Å². The lowest BCUT2D eigenvalue weighted by Gasteiger charge is -2.18. The third-order valence-electron chi connectivity index (χ3n) is 4.85. The molecule has 1 N–H and O–H groups in total. The van der Waals surface area contributed by atoms with Crippen molar-refractivity contribution in [3.05, 3.63) is 47.0 Å². The lowest BCUT2D eigenvalue weighted by Crippen LogP contribution is -2.23. The molecule has 0 saturated carbocycles. The summed E-state index contributed by atoms with van der Waals surface area (Å²) < 4.78 is 21.7. The van der Waals surface area contributed by atoms with E-state index in [0.29, 0.717) is 35.1 Å². The second-order valence-corrected chi connectivity index (χ2v) is 6.26. The second kappa shape index (κ2) is 8.21. The zero-order valence-electron chi connectivity index (χ0n) is 16.7. The monoisotopic (exact) mass is 384 g/mol. The third kappa shape index (κ3) is 3.35. The number of benzene rings is 2. The fraction of sp³-hybridized carbons (Fsp3) is 0.333. The zero-order chi connectivity index (χ0) is 20.3. The molecule has 0 aromatic heterocycles. The van der Waals surface area contributed by atoms with Crippen LogP contribution in [0.25, 0.3) is 0 Å². The Kier molecular flexibility index (Phi) is 5.73. The fourth-order valence-corrected chi connectivity index (χ4v) is 3.39. The summed E-state index contributed by atoms with van der Waals surface area (Å²) in [6.45, 7) is 1.96. The molecule has 0 saturated heterocycles. The molecule has 28 heavy (non-hydrogen) atoms. The largest absolute Gasteiger partial charge is 0.493 e. The molecular weight excluding hydrogens is 360 g/mol. The van der Waals surface area contributed by atoms with Gasteiger partial charge in [-0.1, -0.05) is 6.92 Å². The number of methoxy groups -OCH3 is 4. The molecule has 1 unspecified atom stereocenters. The number of hydrogen-bond acceptors (Lipinski definition) is 6. The number of carbonyl (C=O) groups is 1. The molecule has 0 radical (unpaired) electrons. The Morgan fingerprint density at radius 3 is 2.11 bits per heavy atom. The Morgan fingerprint density at radius 2 is 1.50 bits per heavy atom. The highest BCUT2D eigenvalue weighted by Gasteiger charge is 2.29. The molecule has 7 nitrogen and oxygen atoms in total. The van der Waals surface area contributed by atoms with Gasteiger partial charge in [0.1, 0.15) is 0 Å². The van der Waals surface area contributed by atoms with E-state index in [0.717, 1.165) is 16.7 Å². The first-order chi connectivity index (χ1) is 13.6. The molecule has 2 aromatic carbocycles. The van der Waals surface area contributed by atoms with Gasteiger partial charge >= 0.3 is 0 Å². The Balaban J connectivity index is 2.24. The van der Waals surface area contributed by atoms with Gasteiger partial charge in [0.25, 0.3) is 0 Å². The highest BCUT2D eigenvalue weighted by atomic mass is 16.5. The molecule has 7 heteroatoms. The minimum Gasteiger partial charge on any atom is -0.493 e. The maximum Gasteiger partial charge on any atom is 0.247 e. The molecule has 0 aliphatic carbocycles. The van der Waals surface area contributed by atoms with Crippen LogP contribution in [0.1, 0.15) is 36.0 Å². The first kappa shape index (κ1) is 19.5. The van der Waals surface area contributed by atoms with E-state index in [2.05, 4.69) is 10.5 Å². The van der Waals surface area contributed by atoms with Crippen LogP contribution in [0, 0.1) is 0 Å². The quantitative estimate of drug-likeness (QED) is 0.828. The van der Waals surface area contributed by atoms with Gasteiger partial charge in [-0.15, -0.1) is 0 Å². The van der Waals surface area contributed by atoms with Gasteiger partial charge in [0.05, 0.1) is 40.1 Å². The van der Waals surface area contributed by atoms with E-state index >= 15 is 0 Å². The van der Waals surface area contributed by atoms with Crippen molar-refractivity contribution in [2.24, 2.45) is 5.10 Å². The van der Waals surface area contributed by atoms with Gasteiger partial charge < -0.3 is 18.9 Å². The van der Waals surface area contributed by atoms with Gasteiger partial charge in [-0.05, 0) is 42.3 Å². The standard InChI is InChI=1S/C21H24N2O5/c1-6-13-14-10-18(27-4)19(28-5)11-15(14)20(22-23-21(13)24)12-7-8-16(25-2)17(9-12)26-3/h7-11,13H,6H2,1-5H3,(H,23,24). The van der Waals surface area contributed by atoms with Crippen molar-refractivity contribution in [1.29, 1.82) is 0 Å². The minimum atomic E-state index is -0.351. The van der Waals surface area contributed by atoms with Crippen molar-refractivity contribution in [3.8, 4) is 23.0 Å². The molecule has 1 atom stereocenters. The summed E-state index contributed by atoms with van der Waals surface area (Å²) in [4.78, 5) is 12.6. The predicted molar refractivity (Wildman–Crippen MR) is 106 cm³/mol. The number of rotatable bonds is 6. The Bertz CT molecular complexity index is 923. The molecule has 2 aromatic rings. The summed E-state index contributed by atoms with van der Waals surface area (Å²) >= 11 is 0. The van der Waals surface area contributed by atoms with Crippen LogP contribution in [0.3, 0.4) is 0 Å². The van der Waals surface area contributed by atoms with Gasteiger partial charge in [-0.25, -0.2) is 5.43 Å². The van der Waals surface area contributed by atoms with Gasteiger partial charge in [0.2, 0.25) is 5.91 Å². The van der Waals surface area contributed by atoms with Crippen molar-refractivity contribution in [2.45, 2.75) is 19.3 Å². The molecule has 1 heterocycles. The Hall–Kier alpha value is -3.22. The fourth-order valence-electron chi connectivity index (χ4n) is 3.39. The van der Waals surface area contributed by atoms with E-state index in [1.165, 1.54) is 0 Å². The van der Waals surface area contributed by atoms with Crippen LogP contribution in [0.5, 0.6) is 23.0 Å². The van der Waals surface area contributed by atoms with Crippen molar-refractivity contribution in [1.82, 2.24) is 5.43 Å². The SMILES string of the molecule is CCC1C(=O)NN=C(c2ccc(OC)c(OC)c2)c2cc(OC)c(OC)cc21. The number of fused-ring (bicyclic) bond motifs is 1. The number of amides is 1. The highest BCUT2D eigenvalue weighted by molar-refractivity contribution is 6.16. The van der Waals surface area contributed by atoms with Gasteiger partial charge in [0.15, 0.2) is 23.0 Å². The maximum absolute atomic E-state index is 12.6. The minimum absolute atomic E-state index is 0.161. The van der Waals surface area contributed by atoms with Gasteiger partial charge in [0, 0.05) is 11.1 Å². The van der Waals surface area contributed by atoms with E-state index in [9.17, 15) is 4.79 Å². The first-order valence-corrected chi connectivity index (χ1v) is 8.94. The van der Waals surface area contributed by atoms with Gasteiger partial charge in [-0.2, -0.15) is 5.10 Å². The van der Waals surface area contributed by atoms with Crippen LogP contribution >= 0.6 is 0 Å². The first-order valence-electron chi connectivity index (χ1n) is 8.94. The Morgan fingerprint density at radius 1 is 0.893 bits per heavy atom. The maximum atomic E-state index is 12.6. The van der Waals surface area contributed by atoms with Crippen LogP contribution < -0.4 is 24.4 Å². The summed E-state index contributed by atoms with van der Waals surface area (Å²) in [7, 11) is 6.31. The average molecular weight is 384 g/mol. The van der Waals surface area contributed by atoms with Crippen molar-refractivity contribution >= 4 is 11.6 Å². The van der Waals surface area contributed by atoms with Crippen LogP contribution in [0.15, 0.2) is 35.4 Å². The third-order valence-corrected chi connectivity index (χ3v) is 4.85. The molecular formula is C21H24N2O5. The van der Waals surface area contributed by atoms with E-state index in [1.807, 2.05) is 31.2 Å². The van der Waals surface area contributed by atoms with E-state index in [-0.39, 0.29) is 11.8 Å². The normalized spacial score (nSPS) is 15.7. The number of nitrogens with zero attached hydrogens (tertiary/aromatic N) is 1. The lowest BCUT2D eigenvalue weighted by atomic mass is 9.87. The van der Waals surface area contributed by atoms with Crippen LogP contribution in [-0.2, 0) is 4.79 Å². The highest BCUT2D eigenvalue weighted by Crippen LogP contribution is 2.38. The number of ether oxygens (including phenoxy) is 4. The summed E-state index contributed by atoms with van der Waals surface area (Å²) in [5.74, 6) is 1.82. The molecule has 0 bridgehead atoms. The van der Waals surface area contributed by atoms with Crippen LogP contribution in [-0.4, -0.2) is 40.1 Å². The molecule has 3 rings (SSSR count). The summed E-state index contributed by atoms with van der Waals surface area (Å²) in [5.41, 5.74) is 5.71. The van der Waals surface area contributed by atoms with E-state index in [1.54, 1.807) is 34.5 Å². The van der Waals surface area contributed by atoms with E-state index < -0.39 is 0 Å². The number of nitrogens with one attached hydrogen (secondary N) is 1. The van der Waals surface area contributed by atoms with Gasteiger partial charge in [-0.3, -0.25) is 4.79 Å². The average Bonchev–Trinajstić information content (AvgIpc) is 2.87. The second-order valence-electron chi connectivity index (χ2n) is 6.26. The van der Waals surface area contributed by atoms with Crippen LogP contribution in [0.2, 0.25) is 0 Å². The van der Waals surface area contributed by atoms with E-state index in [4.69, 9.17) is 18.9 Å². The molecule has 0 fully saturated rings. The smallest absolute Gasteiger partial charge is 0.247 e. The lowest BCUT2D eigenvalue weighted by molar-refractivity contribution is -0.122. The van der Waals surface area contributed by atoms with Crippen molar-refractivity contribution in [3.63, 3.8) is 0 Å². The molecule has 1 amide bonds. The molecule has 148 valence electrons. The topological polar surface area (TPSA) is 78.4 Å². The molecule has 1 aliphatic rings. The number of hydrazone groups is 1. The molecule has 1 aliphatic heterocycles. The zero-order valence-corrected chi connectivity index (χ0v) is 16.7. The van der Waals surface area contributed by atoms with Crippen molar-refractivity contribution < 1.29 is 23.7 Å². The Labute approximate surface area is 164 Å².